The van der Waals surface area contributed by atoms with Crippen LogP contribution in [0, 0.1) is 0 Å². The summed E-state index contributed by atoms with van der Waals surface area (Å²) in [5.74, 6) is 0.191. The van der Waals surface area contributed by atoms with E-state index in [0.29, 0.717) is 17.2 Å². The minimum Gasteiger partial charge on any atom is -0.307 e. The molecule has 0 saturated carbocycles. The highest BCUT2D eigenvalue weighted by Crippen LogP contribution is 2.23. The van der Waals surface area contributed by atoms with Crippen LogP contribution in [0.15, 0.2) is 42.6 Å². The summed E-state index contributed by atoms with van der Waals surface area (Å²) in [6.07, 6.45) is 1.62. The van der Waals surface area contributed by atoms with Crippen LogP contribution in [0.1, 0.15) is 6.92 Å². The molecule has 7 nitrogen and oxygen atoms in total. The van der Waals surface area contributed by atoms with Gasteiger partial charge in [0, 0.05) is 13.1 Å². The molecule has 2 aromatic heterocycles. The van der Waals surface area contributed by atoms with Crippen LogP contribution in [0.2, 0.25) is 0 Å². The molecule has 0 atom stereocenters. The Hall–Kier alpha value is -2.96. The molecule has 0 spiro atoms. The highest BCUT2D eigenvalue weighted by Gasteiger charge is 2.16. The Morgan fingerprint density at radius 2 is 2.00 bits per heavy atom. The number of aromatic amines is 1. The fraction of sp³-hybridized carbons (Fsp3) is 0.0769. The lowest BCUT2D eigenvalue weighted by Crippen LogP contribution is -2.07. The van der Waals surface area contributed by atoms with Gasteiger partial charge in [-0.25, -0.2) is 0 Å². The van der Waals surface area contributed by atoms with Crippen molar-refractivity contribution in [2.45, 2.75) is 6.92 Å². The Kier molecular flexibility index (Phi) is 3.00. The van der Waals surface area contributed by atoms with Gasteiger partial charge in [0.1, 0.15) is 0 Å². The van der Waals surface area contributed by atoms with Gasteiger partial charge in [0.15, 0.2) is 11.5 Å². The number of benzene rings is 1. The van der Waals surface area contributed by atoms with Crippen LogP contribution in [0.4, 0.5) is 5.82 Å². The zero-order valence-electron chi connectivity index (χ0n) is 10.7. The first-order chi connectivity index (χ1) is 9.74. The first kappa shape index (κ1) is 12.1. The van der Waals surface area contributed by atoms with Crippen molar-refractivity contribution in [1.29, 1.82) is 0 Å². The molecular weight excluding hydrogens is 256 g/mol. The number of carbonyl (C=O) groups is 1. The number of H-pyrrole nitrogens is 1. The number of hydrogen-bond donors (Lipinski definition) is 2. The molecule has 0 bridgehead atoms. The van der Waals surface area contributed by atoms with Crippen molar-refractivity contribution < 1.29 is 4.79 Å². The van der Waals surface area contributed by atoms with Crippen molar-refractivity contribution >= 4 is 11.7 Å². The second-order valence-corrected chi connectivity index (χ2v) is 4.17. The molecule has 2 heterocycles. The number of hydrogen-bond acceptors (Lipinski definition) is 4. The van der Waals surface area contributed by atoms with Crippen molar-refractivity contribution in [3.05, 3.63) is 42.6 Å². The minimum absolute atomic E-state index is 0.203. The summed E-state index contributed by atoms with van der Waals surface area (Å²) in [5, 5.41) is 18.1. The molecule has 0 aliphatic rings. The van der Waals surface area contributed by atoms with Crippen LogP contribution in [-0.4, -0.2) is 31.1 Å². The highest BCUT2D eigenvalue weighted by atomic mass is 16.1. The number of nitrogens with one attached hydrogen (secondary N) is 2. The summed E-state index contributed by atoms with van der Waals surface area (Å²) in [7, 11) is 0. The smallest absolute Gasteiger partial charge is 0.222 e. The van der Waals surface area contributed by atoms with E-state index in [1.54, 1.807) is 12.3 Å². The SMILES string of the molecule is CC(=O)Nc1nn(-c2ccccc2)nc1-c1ccn[nH]1. The summed E-state index contributed by atoms with van der Waals surface area (Å²) in [5.41, 5.74) is 2.04. The number of para-hydroxylation sites is 1. The molecule has 3 aromatic rings. The van der Waals surface area contributed by atoms with Gasteiger partial charge in [0.25, 0.3) is 0 Å². The topological polar surface area (TPSA) is 88.5 Å². The van der Waals surface area contributed by atoms with Gasteiger partial charge < -0.3 is 5.32 Å². The van der Waals surface area contributed by atoms with Crippen molar-refractivity contribution in [2.24, 2.45) is 0 Å². The van der Waals surface area contributed by atoms with Gasteiger partial charge in [-0.1, -0.05) is 18.2 Å². The van der Waals surface area contributed by atoms with Gasteiger partial charge in [-0.2, -0.15) is 5.10 Å². The van der Waals surface area contributed by atoms with Crippen molar-refractivity contribution in [3.8, 4) is 17.1 Å². The molecule has 0 saturated heterocycles. The quantitative estimate of drug-likeness (QED) is 0.755. The minimum atomic E-state index is -0.203. The van der Waals surface area contributed by atoms with Crippen molar-refractivity contribution in [3.63, 3.8) is 0 Å². The fourth-order valence-electron chi connectivity index (χ4n) is 1.80. The maximum absolute atomic E-state index is 11.3. The van der Waals surface area contributed by atoms with Crippen LogP contribution in [0.25, 0.3) is 17.1 Å². The van der Waals surface area contributed by atoms with Gasteiger partial charge in [-0.3, -0.25) is 9.89 Å². The molecule has 0 unspecified atom stereocenters. The standard InChI is InChI=1S/C13H12N6O/c1-9(20)15-13-12(11-7-8-14-16-11)17-19(18-13)10-5-3-2-4-6-10/h2-8H,1H3,(H,14,16)(H,15,18,20). The third-order valence-electron chi connectivity index (χ3n) is 2.65. The van der Waals surface area contributed by atoms with Crippen LogP contribution in [0.5, 0.6) is 0 Å². The van der Waals surface area contributed by atoms with Gasteiger partial charge in [-0.15, -0.1) is 15.0 Å². The summed E-state index contributed by atoms with van der Waals surface area (Å²) in [6, 6.07) is 11.2. The Morgan fingerprint density at radius 1 is 1.20 bits per heavy atom. The van der Waals surface area contributed by atoms with Crippen LogP contribution < -0.4 is 5.32 Å². The lowest BCUT2D eigenvalue weighted by Gasteiger charge is -1.97. The molecular formula is C13H12N6O. The molecule has 1 amide bonds. The lowest BCUT2D eigenvalue weighted by atomic mass is 10.3. The van der Waals surface area contributed by atoms with Crippen LogP contribution in [-0.2, 0) is 4.79 Å². The third-order valence-corrected chi connectivity index (χ3v) is 2.65. The van der Waals surface area contributed by atoms with E-state index in [0.717, 1.165) is 5.69 Å². The number of carbonyl (C=O) groups excluding carboxylic acids is 1. The molecule has 0 aliphatic heterocycles. The highest BCUT2D eigenvalue weighted by molar-refractivity contribution is 5.91. The summed E-state index contributed by atoms with van der Waals surface area (Å²) < 4.78 is 0. The summed E-state index contributed by atoms with van der Waals surface area (Å²) in [6.45, 7) is 1.43. The van der Waals surface area contributed by atoms with E-state index >= 15 is 0 Å². The van der Waals surface area contributed by atoms with Crippen LogP contribution in [0.3, 0.4) is 0 Å². The van der Waals surface area contributed by atoms with E-state index in [1.807, 2.05) is 30.3 Å². The van der Waals surface area contributed by atoms with E-state index in [1.165, 1.54) is 11.7 Å². The molecule has 20 heavy (non-hydrogen) atoms. The molecule has 1 aromatic carbocycles. The maximum Gasteiger partial charge on any atom is 0.222 e. The number of aromatic nitrogens is 5. The van der Waals surface area contributed by atoms with E-state index in [2.05, 4.69) is 25.7 Å². The third kappa shape index (κ3) is 2.28. The second kappa shape index (κ2) is 4.96. The molecule has 3 rings (SSSR count). The zero-order chi connectivity index (χ0) is 13.9. The second-order valence-electron chi connectivity index (χ2n) is 4.17. The normalized spacial score (nSPS) is 10.4. The monoisotopic (exact) mass is 268 g/mol. The van der Waals surface area contributed by atoms with Gasteiger partial charge >= 0.3 is 0 Å². The predicted molar refractivity (Wildman–Crippen MR) is 73.2 cm³/mol. The molecule has 0 aliphatic carbocycles. The van der Waals surface area contributed by atoms with Crippen LogP contribution >= 0.6 is 0 Å². The Morgan fingerprint density at radius 3 is 2.65 bits per heavy atom. The Labute approximate surface area is 114 Å². The van der Waals surface area contributed by atoms with Crippen molar-refractivity contribution in [1.82, 2.24) is 25.2 Å². The molecule has 2 N–H and O–H groups in total. The molecule has 0 fully saturated rings. The van der Waals surface area contributed by atoms with E-state index in [-0.39, 0.29) is 5.91 Å². The zero-order valence-corrected chi connectivity index (χ0v) is 10.7. The fourth-order valence-corrected chi connectivity index (χ4v) is 1.80. The Balaban J connectivity index is 2.08. The first-order valence-corrected chi connectivity index (χ1v) is 6.04. The average Bonchev–Trinajstić information content (AvgIpc) is 3.08. The number of rotatable bonds is 3. The van der Waals surface area contributed by atoms with E-state index in [9.17, 15) is 4.79 Å². The van der Waals surface area contributed by atoms with E-state index in [4.69, 9.17) is 0 Å². The van der Waals surface area contributed by atoms with Crippen molar-refractivity contribution in [2.75, 3.05) is 5.32 Å². The van der Waals surface area contributed by atoms with Gasteiger partial charge in [0.05, 0.1) is 11.4 Å². The first-order valence-electron chi connectivity index (χ1n) is 6.04. The molecule has 0 radical (unpaired) electrons. The lowest BCUT2D eigenvalue weighted by molar-refractivity contribution is -0.114. The number of nitrogens with zero attached hydrogens (tertiary/aromatic N) is 4. The molecule has 7 heteroatoms. The maximum atomic E-state index is 11.3. The number of anilines is 1. The largest absolute Gasteiger partial charge is 0.307 e. The average molecular weight is 268 g/mol. The predicted octanol–water partition coefficient (Wildman–Crippen LogP) is 1.62. The number of amides is 1. The summed E-state index contributed by atoms with van der Waals surface area (Å²) in [4.78, 5) is 12.7. The van der Waals surface area contributed by atoms with Gasteiger partial charge in [0.2, 0.25) is 5.91 Å². The Bertz CT molecular complexity index is 717. The van der Waals surface area contributed by atoms with E-state index < -0.39 is 0 Å². The summed E-state index contributed by atoms with van der Waals surface area (Å²) >= 11 is 0. The molecule has 100 valence electrons. The van der Waals surface area contributed by atoms with Gasteiger partial charge in [-0.05, 0) is 18.2 Å².